The largest absolute Gasteiger partial charge is 0.382 e. The molecule has 0 aliphatic heterocycles. The first-order valence-electron chi connectivity index (χ1n) is 8.15. The number of hydrogen-bond acceptors (Lipinski definition) is 4. The van der Waals surface area contributed by atoms with Gasteiger partial charge in [0.15, 0.2) is 5.82 Å². The molecule has 0 fully saturated rings. The Morgan fingerprint density at radius 1 is 0.929 bits per heavy atom. The van der Waals surface area contributed by atoms with Gasteiger partial charge in [-0.2, -0.15) is 5.10 Å². The van der Waals surface area contributed by atoms with E-state index < -0.39 is 10.0 Å². The summed E-state index contributed by atoms with van der Waals surface area (Å²) < 4.78 is 27.7. The SMILES string of the molecule is Nc1n[nH]c2cc(-c3ccc(NS(=O)(=O)c4cc(Cl)ccc4Cl)cc3)ccc12. The number of benzene rings is 3. The van der Waals surface area contributed by atoms with Crippen LogP contribution in [0.3, 0.4) is 0 Å². The Kier molecular flexibility index (Phi) is 4.66. The van der Waals surface area contributed by atoms with Crippen LogP contribution in [0.25, 0.3) is 22.0 Å². The summed E-state index contributed by atoms with van der Waals surface area (Å²) in [6.07, 6.45) is 0. The van der Waals surface area contributed by atoms with E-state index in [4.69, 9.17) is 28.9 Å². The summed E-state index contributed by atoms with van der Waals surface area (Å²) >= 11 is 11.9. The van der Waals surface area contributed by atoms with Crippen LogP contribution in [0, 0.1) is 0 Å². The van der Waals surface area contributed by atoms with Crippen LogP contribution < -0.4 is 10.5 Å². The van der Waals surface area contributed by atoms with Crippen LogP contribution in [0.5, 0.6) is 0 Å². The van der Waals surface area contributed by atoms with Crippen LogP contribution in [-0.4, -0.2) is 18.6 Å². The Morgan fingerprint density at radius 2 is 1.64 bits per heavy atom. The molecule has 9 heteroatoms. The molecule has 3 aromatic carbocycles. The number of aromatic nitrogens is 2. The molecule has 0 saturated heterocycles. The Labute approximate surface area is 171 Å². The van der Waals surface area contributed by atoms with Gasteiger partial charge in [-0.1, -0.05) is 41.4 Å². The lowest BCUT2D eigenvalue weighted by Crippen LogP contribution is -2.13. The Bertz CT molecular complexity index is 1290. The molecule has 0 bridgehead atoms. The van der Waals surface area contributed by atoms with Gasteiger partial charge < -0.3 is 5.73 Å². The Morgan fingerprint density at radius 3 is 2.39 bits per heavy atom. The summed E-state index contributed by atoms with van der Waals surface area (Å²) in [6, 6.07) is 17.0. The molecule has 0 unspecified atom stereocenters. The number of rotatable bonds is 4. The third kappa shape index (κ3) is 3.52. The highest BCUT2D eigenvalue weighted by molar-refractivity contribution is 7.92. The highest BCUT2D eigenvalue weighted by atomic mass is 35.5. The summed E-state index contributed by atoms with van der Waals surface area (Å²) in [5.74, 6) is 0.450. The molecule has 0 aliphatic rings. The molecule has 28 heavy (non-hydrogen) atoms. The van der Waals surface area contributed by atoms with Crippen LogP contribution in [0.4, 0.5) is 11.5 Å². The Hall–Kier alpha value is -2.74. The van der Waals surface area contributed by atoms with Crippen molar-refractivity contribution in [3.05, 3.63) is 70.7 Å². The molecule has 4 aromatic rings. The van der Waals surface area contributed by atoms with Gasteiger partial charge in [0.1, 0.15) is 4.90 Å². The second kappa shape index (κ2) is 7.01. The summed E-state index contributed by atoms with van der Waals surface area (Å²) in [6.45, 7) is 0. The number of fused-ring (bicyclic) bond motifs is 1. The zero-order chi connectivity index (χ0) is 19.9. The number of nitrogens with two attached hydrogens (primary N) is 1. The predicted octanol–water partition coefficient (Wildman–Crippen LogP) is 4.92. The molecule has 0 atom stereocenters. The van der Waals surface area contributed by atoms with E-state index >= 15 is 0 Å². The molecule has 6 nitrogen and oxygen atoms in total. The van der Waals surface area contributed by atoms with Crippen LogP contribution in [0.2, 0.25) is 10.0 Å². The standard InChI is InChI=1S/C19H14Cl2N4O2S/c20-13-4-8-16(21)18(10-13)28(26,27)25-14-5-1-11(2-6-14)12-3-7-15-17(9-12)23-24-19(15)22/h1-10,25H,(H3,22,23,24). The average molecular weight is 433 g/mol. The molecule has 4 N–H and O–H groups in total. The second-order valence-electron chi connectivity index (χ2n) is 6.13. The Balaban J connectivity index is 1.61. The van der Waals surface area contributed by atoms with Crippen molar-refractivity contribution in [2.75, 3.05) is 10.5 Å². The normalized spacial score (nSPS) is 11.6. The molecule has 0 radical (unpaired) electrons. The van der Waals surface area contributed by atoms with Gasteiger partial charge in [-0.25, -0.2) is 8.42 Å². The number of aromatic amines is 1. The van der Waals surface area contributed by atoms with Crippen molar-refractivity contribution in [2.45, 2.75) is 4.90 Å². The first-order chi connectivity index (χ1) is 13.3. The van der Waals surface area contributed by atoms with Crippen molar-refractivity contribution in [2.24, 2.45) is 0 Å². The maximum atomic E-state index is 12.6. The van der Waals surface area contributed by atoms with Gasteiger partial charge in [-0.05, 0) is 53.6 Å². The maximum absolute atomic E-state index is 12.6. The first-order valence-corrected chi connectivity index (χ1v) is 10.4. The van der Waals surface area contributed by atoms with Crippen LogP contribution in [0.1, 0.15) is 0 Å². The van der Waals surface area contributed by atoms with Gasteiger partial charge >= 0.3 is 0 Å². The third-order valence-electron chi connectivity index (χ3n) is 4.25. The van der Waals surface area contributed by atoms with Crippen molar-refractivity contribution in [1.29, 1.82) is 0 Å². The third-order valence-corrected chi connectivity index (χ3v) is 6.34. The number of hydrogen-bond donors (Lipinski definition) is 3. The molecule has 0 amide bonds. The van der Waals surface area contributed by atoms with Gasteiger partial charge in [0.25, 0.3) is 10.0 Å². The molecular weight excluding hydrogens is 419 g/mol. The number of H-pyrrole nitrogens is 1. The number of nitrogens with zero attached hydrogens (tertiary/aromatic N) is 1. The molecule has 1 heterocycles. The predicted molar refractivity (Wildman–Crippen MR) is 113 cm³/mol. The van der Waals surface area contributed by atoms with E-state index in [1.54, 1.807) is 12.1 Å². The monoisotopic (exact) mass is 432 g/mol. The molecule has 0 spiro atoms. The van der Waals surface area contributed by atoms with Crippen molar-refractivity contribution in [3.8, 4) is 11.1 Å². The smallest absolute Gasteiger partial charge is 0.263 e. The van der Waals surface area contributed by atoms with E-state index in [0.29, 0.717) is 11.5 Å². The molecule has 0 aliphatic carbocycles. The number of nitrogens with one attached hydrogen (secondary N) is 2. The molecule has 0 saturated carbocycles. The maximum Gasteiger partial charge on any atom is 0.263 e. The fraction of sp³-hybridized carbons (Fsp3) is 0. The lowest BCUT2D eigenvalue weighted by molar-refractivity contribution is 0.601. The van der Waals surface area contributed by atoms with E-state index in [1.165, 1.54) is 18.2 Å². The minimum atomic E-state index is -3.86. The fourth-order valence-electron chi connectivity index (χ4n) is 2.84. The summed E-state index contributed by atoms with van der Waals surface area (Å²) in [5, 5.41) is 8.10. The number of halogens is 2. The summed E-state index contributed by atoms with van der Waals surface area (Å²) in [7, 11) is -3.86. The van der Waals surface area contributed by atoms with Gasteiger partial charge in [-0.3, -0.25) is 9.82 Å². The van der Waals surface area contributed by atoms with Crippen molar-refractivity contribution in [3.63, 3.8) is 0 Å². The molecule has 4 rings (SSSR count). The fourth-order valence-corrected chi connectivity index (χ4v) is 4.67. The average Bonchev–Trinajstić information content (AvgIpc) is 3.04. The van der Waals surface area contributed by atoms with Crippen molar-refractivity contribution >= 4 is 55.6 Å². The summed E-state index contributed by atoms with van der Waals surface area (Å²) in [4.78, 5) is -0.0759. The van der Waals surface area contributed by atoms with E-state index in [9.17, 15) is 8.42 Å². The van der Waals surface area contributed by atoms with E-state index in [0.717, 1.165) is 22.0 Å². The zero-order valence-electron chi connectivity index (χ0n) is 14.3. The first kappa shape index (κ1) is 18.6. The van der Waals surface area contributed by atoms with Crippen molar-refractivity contribution in [1.82, 2.24) is 10.2 Å². The number of nitrogen functional groups attached to an aromatic ring is 1. The molecule has 142 valence electrons. The number of anilines is 2. The minimum absolute atomic E-state index is 0.0759. The highest BCUT2D eigenvalue weighted by Gasteiger charge is 2.18. The second-order valence-corrected chi connectivity index (χ2v) is 8.62. The van der Waals surface area contributed by atoms with Gasteiger partial charge in [0.05, 0.1) is 10.5 Å². The van der Waals surface area contributed by atoms with Crippen LogP contribution >= 0.6 is 23.2 Å². The lowest BCUT2D eigenvalue weighted by atomic mass is 10.0. The zero-order valence-corrected chi connectivity index (χ0v) is 16.6. The molecular formula is C19H14Cl2N4O2S. The van der Waals surface area contributed by atoms with Crippen LogP contribution in [0.15, 0.2) is 65.6 Å². The topological polar surface area (TPSA) is 101 Å². The van der Waals surface area contributed by atoms with E-state index in [2.05, 4.69) is 14.9 Å². The van der Waals surface area contributed by atoms with Crippen LogP contribution in [-0.2, 0) is 10.0 Å². The van der Waals surface area contributed by atoms with E-state index in [1.807, 2.05) is 30.3 Å². The minimum Gasteiger partial charge on any atom is -0.382 e. The van der Waals surface area contributed by atoms with Gasteiger partial charge in [0.2, 0.25) is 0 Å². The summed E-state index contributed by atoms with van der Waals surface area (Å²) in [5.41, 5.74) is 8.89. The number of sulfonamides is 1. The van der Waals surface area contributed by atoms with Crippen molar-refractivity contribution < 1.29 is 8.42 Å². The molecule has 1 aromatic heterocycles. The lowest BCUT2D eigenvalue weighted by Gasteiger charge is -2.11. The van der Waals surface area contributed by atoms with Gasteiger partial charge in [0, 0.05) is 16.1 Å². The van der Waals surface area contributed by atoms with E-state index in [-0.39, 0.29) is 14.9 Å². The highest BCUT2D eigenvalue weighted by Crippen LogP contribution is 2.29. The quantitative estimate of drug-likeness (QED) is 0.425. The van der Waals surface area contributed by atoms with Gasteiger partial charge in [-0.15, -0.1) is 0 Å².